The molecule has 1 nitrogen and oxygen atoms in total. The van der Waals surface area contributed by atoms with Crippen LogP contribution >= 0.6 is 11.6 Å². The average Bonchev–Trinajstić information content (AvgIpc) is 2.34. The largest absolute Gasteiger partial charge is 0.376 e. The molecule has 0 aromatic carbocycles. The summed E-state index contributed by atoms with van der Waals surface area (Å²) in [6.07, 6.45) is 2.50. The zero-order valence-electron chi connectivity index (χ0n) is 6.64. The van der Waals surface area contributed by atoms with Crippen molar-refractivity contribution in [2.24, 2.45) is 5.92 Å². The van der Waals surface area contributed by atoms with Gasteiger partial charge in [-0.1, -0.05) is 20.3 Å². The van der Waals surface area contributed by atoms with Crippen molar-refractivity contribution >= 4 is 11.6 Å². The molecule has 1 rings (SSSR count). The van der Waals surface area contributed by atoms with E-state index in [4.69, 9.17) is 16.3 Å². The molecule has 0 aromatic rings. The first-order chi connectivity index (χ1) is 4.75. The molecule has 0 N–H and O–H groups in total. The van der Waals surface area contributed by atoms with Crippen LogP contribution in [0.3, 0.4) is 0 Å². The van der Waals surface area contributed by atoms with E-state index in [9.17, 15) is 0 Å². The van der Waals surface area contributed by atoms with Crippen LogP contribution in [0.5, 0.6) is 0 Å². The third-order valence-electron chi connectivity index (χ3n) is 2.27. The van der Waals surface area contributed by atoms with Gasteiger partial charge >= 0.3 is 0 Å². The zero-order valence-corrected chi connectivity index (χ0v) is 7.40. The summed E-state index contributed by atoms with van der Waals surface area (Å²) >= 11 is 6.03. The van der Waals surface area contributed by atoms with E-state index < -0.39 is 0 Å². The van der Waals surface area contributed by atoms with Crippen molar-refractivity contribution in [1.82, 2.24) is 0 Å². The third kappa shape index (κ3) is 1.64. The molecule has 3 unspecified atom stereocenters. The molecule has 0 saturated carbocycles. The van der Waals surface area contributed by atoms with Gasteiger partial charge in [-0.3, -0.25) is 0 Å². The SMILES string of the molecule is CCC(C)C1OCCC1Cl. The van der Waals surface area contributed by atoms with Crippen LogP contribution in [0, 0.1) is 5.92 Å². The Hall–Kier alpha value is 0.250. The molecule has 0 radical (unpaired) electrons. The van der Waals surface area contributed by atoms with E-state index in [0.717, 1.165) is 19.4 Å². The van der Waals surface area contributed by atoms with Gasteiger partial charge in [0.25, 0.3) is 0 Å². The lowest BCUT2D eigenvalue weighted by Crippen LogP contribution is -2.24. The van der Waals surface area contributed by atoms with E-state index in [1.807, 2.05) is 0 Å². The Morgan fingerprint density at radius 3 is 2.80 bits per heavy atom. The lowest BCUT2D eigenvalue weighted by molar-refractivity contribution is 0.0696. The molecule has 0 aliphatic carbocycles. The van der Waals surface area contributed by atoms with Crippen LogP contribution in [-0.2, 0) is 4.74 Å². The first kappa shape index (κ1) is 8.35. The molecule has 3 atom stereocenters. The predicted octanol–water partition coefficient (Wildman–Crippen LogP) is 2.43. The first-order valence-electron chi connectivity index (χ1n) is 4.01. The monoisotopic (exact) mass is 162 g/mol. The van der Waals surface area contributed by atoms with E-state index in [1.54, 1.807) is 0 Å². The third-order valence-corrected chi connectivity index (χ3v) is 2.73. The summed E-state index contributed by atoms with van der Waals surface area (Å²) < 4.78 is 5.49. The second kappa shape index (κ2) is 3.59. The van der Waals surface area contributed by atoms with Gasteiger partial charge in [-0.15, -0.1) is 11.6 Å². The van der Waals surface area contributed by atoms with Crippen molar-refractivity contribution in [3.05, 3.63) is 0 Å². The first-order valence-corrected chi connectivity index (χ1v) is 4.45. The van der Waals surface area contributed by atoms with E-state index >= 15 is 0 Å². The lowest BCUT2D eigenvalue weighted by Gasteiger charge is -2.19. The quantitative estimate of drug-likeness (QED) is 0.567. The smallest absolute Gasteiger partial charge is 0.0764 e. The maximum atomic E-state index is 6.03. The molecule has 1 saturated heterocycles. The highest BCUT2D eigenvalue weighted by molar-refractivity contribution is 6.21. The molecule has 0 bridgehead atoms. The second-order valence-corrected chi connectivity index (χ2v) is 3.59. The zero-order chi connectivity index (χ0) is 7.56. The number of halogens is 1. The van der Waals surface area contributed by atoms with Gasteiger partial charge in [-0.05, 0) is 12.3 Å². The minimum Gasteiger partial charge on any atom is -0.376 e. The number of rotatable bonds is 2. The number of ether oxygens (including phenoxy) is 1. The van der Waals surface area contributed by atoms with Gasteiger partial charge in [-0.25, -0.2) is 0 Å². The van der Waals surface area contributed by atoms with Crippen LogP contribution < -0.4 is 0 Å². The van der Waals surface area contributed by atoms with E-state index in [1.165, 1.54) is 0 Å². The molecule has 0 amide bonds. The van der Waals surface area contributed by atoms with Gasteiger partial charge in [0, 0.05) is 6.61 Å². The second-order valence-electron chi connectivity index (χ2n) is 3.03. The van der Waals surface area contributed by atoms with Crippen molar-refractivity contribution in [2.45, 2.75) is 38.2 Å². The molecule has 2 heteroatoms. The minimum atomic E-state index is 0.259. The van der Waals surface area contributed by atoms with Crippen LogP contribution in [-0.4, -0.2) is 18.1 Å². The van der Waals surface area contributed by atoms with Gasteiger partial charge < -0.3 is 4.74 Å². The number of hydrogen-bond acceptors (Lipinski definition) is 1. The fourth-order valence-electron chi connectivity index (χ4n) is 1.34. The van der Waals surface area contributed by atoms with Crippen molar-refractivity contribution in [2.75, 3.05) is 6.61 Å². The molecule has 1 fully saturated rings. The van der Waals surface area contributed by atoms with Gasteiger partial charge in [0.2, 0.25) is 0 Å². The van der Waals surface area contributed by atoms with Crippen LogP contribution in [0.15, 0.2) is 0 Å². The number of hydrogen-bond donors (Lipinski definition) is 0. The van der Waals surface area contributed by atoms with Gasteiger partial charge in [-0.2, -0.15) is 0 Å². The molecular formula is C8H15ClO. The molecule has 60 valence electrons. The Bertz CT molecular complexity index is 105. The van der Waals surface area contributed by atoms with Crippen molar-refractivity contribution in [3.8, 4) is 0 Å². The molecule has 0 spiro atoms. The number of alkyl halides is 1. The topological polar surface area (TPSA) is 9.23 Å². The highest BCUT2D eigenvalue weighted by Gasteiger charge is 2.29. The maximum Gasteiger partial charge on any atom is 0.0764 e. The summed E-state index contributed by atoms with van der Waals surface area (Å²) in [5.74, 6) is 0.616. The Balaban J connectivity index is 2.38. The fourth-order valence-corrected chi connectivity index (χ4v) is 1.75. The Labute approximate surface area is 67.7 Å². The molecule has 1 heterocycles. The van der Waals surface area contributed by atoms with Gasteiger partial charge in [0.15, 0.2) is 0 Å². The Morgan fingerprint density at radius 1 is 1.70 bits per heavy atom. The molecule has 10 heavy (non-hydrogen) atoms. The van der Waals surface area contributed by atoms with Crippen LogP contribution in [0.1, 0.15) is 26.7 Å². The maximum absolute atomic E-state index is 6.03. The average molecular weight is 163 g/mol. The summed E-state index contributed by atoms with van der Waals surface area (Å²) in [6.45, 7) is 5.23. The fraction of sp³-hybridized carbons (Fsp3) is 1.00. The van der Waals surface area contributed by atoms with Crippen molar-refractivity contribution in [3.63, 3.8) is 0 Å². The van der Waals surface area contributed by atoms with Crippen LogP contribution in [0.2, 0.25) is 0 Å². The summed E-state index contributed by atoms with van der Waals surface area (Å²) in [5.41, 5.74) is 0. The Morgan fingerprint density at radius 2 is 2.40 bits per heavy atom. The van der Waals surface area contributed by atoms with E-state index in [2.05, 4.69) is 13.8 Å². The summed E-state index contributed by atoms with van der Waals surface area (Å²) in [7, 11) is 0. The molecular weight excluding hydrogens is 148 g/mol. The summed E-state index contributed by atoms with van der Waals surface area (Å²) in [4.78, 5) is 0. The van der Waals surface area contributed by atoms with Gasteiger partial charge in [0.05, 0.1) is 11.5 Å². The molecule has 1 aliphatic heterocycles. The minimum absolute atomic E-state index is 0.259. The van der Waals surface area contributed by atoms with Crippen molar-refractivity contribution in [1.29, 1.82) is 0 Å². The predicted molar refractivity (Wildman–Crippen MR) is 43.5 cm³/mol. The van der Waals surface area contributed by atoms with Gasteiger partial charge in [0.1, 0.15) is 0 Å². The van der Waals surface area contributed by atoms with Crippen LogP contribution in [0.4, 0.5) is 0 Å². The normalized spacial score (nSPS) is 36.3. The van der Waals surface area contributed by atoms with Crippen LogP contribution in [0.25, 0.3) is 0 Å². The molecule has 0 aromatic heterocycles. The highest BCUT2D eigenvalue weighted by atomic mass is 35.5. The summed E-state index contributed by atoms with van der Waals surface area (Å²) in [6, 6.07) is 0. The summed E-state index contributed by atoms with van der Waals surface area (Å²) in [5, 5.41) is 0.259. The highest BCUT2D eigenvalue weighted by Crippen LogP contribution is 2.26. The Kier molecular flexibility index (Phi) is 2.99. The van der Waals surface area contributed by atoms with E-state index in [0.29, 0.717) is 12.0 Å². The van der Waals surface area contributed by atoms with Crippen molar-refractivity contribution < 1.29 is 4.74 Å². The lowest BCUT2D eigenvalue weighted by atomic mass is 9.99. The van der Waals surface area contributed by atoms with E-state index in [-0.39, 0.29) is 5.38 Å². The molecule has 1 aliphatic rings. The standard InChI is InChI=1S/C8H15ClO/c1-3-6(2)8-7(9)4-5-10-8/h6-8H,3-5H2,1-2H3.